The van der Waals surface area contributed by atoms with Crippen molar-refractivity contribution in [3.63, 3.8) is 0 Å². The van der Waals surface area contributed by atoms with Crippen molar-refractivity contribution >= 4 is 28.9 Å². The summed E-state index contributed by atoms with van der Waals surface area (Å²) in [7, 11) is 1.35. The van der Waals surface area contributed by atoms with Crippen LogP contribution in [0, 0.1) is 6.92 Å². The van der Waals surface area contributed by atoms with Gasteiger partial charge in [-0.15, -0.1) is 11.3 Å². The molecule has 5 nitrogen and oxygen atoms in total. The van der Waals surface area contributed by atoms with Gasteiger partial charge in [-0.2, -0.15) is 0 Å². The Hall–Kier alpha value is -2.18. The van der Waals surface area contributed by atoms with Gasteiger partial charge in [0.2, 0.25) is 5.91 Å². The van der Waals surface area contributed by atoms with Gasteiger partial charge in [-0.3, -0.25) is 9.69 Å². The second-order valence-corrected chi connectivity index (χ2v) is 7.19. The van der Waals surface area contributed by atoms with Crippen LogP contribution < -0.4 is 5.32 Å². The summed E-state index contributed by atoms with van der Waals surface area (Å²) in [4.78, 5) is 27.7. The van der Waals surface area contributed by atoms with Crippen molar-refractivity contribution in [2.45, 2.75) is 25.8 Å². The molecule has 1 fully saturated rings. The van der Waals surface area contributed by atoms with Gasteiger partial charge in [-0.1, -0.05) is 12.1 Å². The van der Waals surface area contributed by atoms with Gasteiger partial charge in [0.25, 0.3) is 0 Å². The van der Waals surface area contributed by atoms with Crippen LogP contribution >= 0.6 is 11.3 Å². The van der Waals surface area contributed by atoms with Crippen LogP contribution in [-0.2, 0) is 9.53 Å². The van der Waals surface area contributed by atoms with Crippen LogP contribution in [0.3, 0.4) is 0 Å². The Morgan fingerprint density at radius 3 is 2.92 bits per heavy atom. The number of rotatable bonds is 5. The summed E-state index contributed by atoms with van der Waals surface area (Å²) < 4.78 is 4.74. The maximum atomic E-state index is 12.5. The highest BCUT2D eigenvalue weighted by molar-refractivity contribution is 7.10. The van der Waals surface area contributed by atoms with Gasteiger partial charge in [0, 0.05) is 16.6 Å². The lowest BCUT2D eigenvalue weighted by Gasteiger charge is -2.23. The Morgan fingerprint density at radius 2 is 2.20 bits per heavy atom. The number of hydrogen-bond acceptors (Lipinski definition) is 5. The molecule has 1 aliphatic rings. The molecule has 1 saturated heterocycles. The van der Waals surface area contributed by atoms with Crippen LogP contribution in [-0.4, -0.2) is 37.0 Å². The first-order valence-corrected chi connectivity index (χ1v) is 9.22. The lowest BCUT2D eigenvalue weighted by atomic mass is 10.1. The van der Waals surface area contributed by atoms with Crippen LogP contribution in [0.1, 0.15) is 39.7 Å². The molecule has 3 rings (SSSR count). The van der Waals surface area contributed by atoms with Crippen LogP contribution in [0.2, 0.25) is 0 Å². The predicted molar refractivity (Wildman–Crippen MR) is 99.0 cm³/mol. The first-order valence-electron chi connectivity index (χ1n) is 8.34. The van der Waals surface area contributed by atoms with E-state index < -0.39 is 5.97 Å². The first kappa shape index (κ1) is 17.6. The highest BCUT2D eigenvalue weighted by atomic mass is 32.1. The summed E-state index contributed by atoms with van der Waals surface area (Å²) in [6, 6.07) is 9.69. The number of anilines is 1. The lowest BCUT2D eigenvalue weighted by molar-refractivity contribution is -0.117. The second kappa shape index (κ2) is 7.80. The average molecular weight is 358 g/mol. The van der Waals surface area contributed by atoms with Crippen LogP contribution in [0.5, 0.6) is 0 Å². The molecule has 0 unspecified atom stereocenters. The molecular weight excluding hydrogens is 336 g/mol. The van der Waals surface area contributed by atoms with Crippen LogP contribution in [0.25, 0.3) is 0 Å². The smallest absolute Gasteiger partial charge is 0.337 e. The highest BCUT2D eigenvalue weighted by Crippen LogP contribution is 2.34. The Balaban J connectivity index is 1.67. The number of methoxy groups -OCH3 is 1. The third-order valence-corrected chi connectivity index (χ3v) is 5.49. The minimum atomic E-state index is -0.409. The third kappa shape index (κ3) is 4.08. The Labute approximate surface area is 151 Å². The first-order chi connectivity index (χ1) is 12.1. The van der Waals surface area contributed by atoms with Gasteiger partial charge in [0.05, 0.1) is 19.2 Å². The van der Waals surface area contributed by atoms with Gasteiger partial charge in [0.1, 0.15) is 0 Å². The van der Waals surface area contributed by atoms with E-state index in [0.29, 0.717) is 23.8 Å². The number of nitrogens with one attached hydrogen (secondary N) is 1. The number of amides is 1. The molecule has 25 heavy (non-hydrogen) atoms. The maximum absolute atomic E-state index is 12.5. The number of benzene rings is 1. The summed E-state index contributed by atoms with van der Waals surface area (Å²) >= 11 is 1.74. The van der Waals surface area contributed by atoms with Crippen LogP contribution in [0.4, 0.5) is 5.69 Å². The second-order valence-electron chi connectivity index (χ2n) is 6.21. The van der Waals surface area contributed by atoms with Crippen molar-refractivity contribution in [3.8, 4) is 0 Å². The number of hydrogen-bond donors (Lipinski definition) is 1. The molecule has 132 valence electrons. The Kier molecular flexibility index (Phi) is 5.50. The van der Waals surface area contributed by atoms with Crippen molar-refractivity contribution in [1.29, 1.82) is 0 Å². The number of esters is 1. The molecule has 6 heteroatoms. The molecular formula is C19H22N2O3S. The molecule has 1 amide bonds. The molecule has 0 bridgehead atoms. The van der Waals surface area contributed by atoms with Gasteiger partial charge in [-0.05, 0) is 55.5 Å². The van der Waals surface area contributed by atoms with Crippen molar-refractivity contribution in [2.24, 2.45) is 0 Å². The zero-order valence-electron chi connectivity index (χ0n) is 14.5. The average Bonchev–Trinajstić information content (AvgIpc) is 3.27. The van der Waals surface area contributed by atoms with E-state index in [0.717, 1.165) is 24.9 Å². The Morgan fingerprint density at radius 1 is 1.36 bits per heavy atom. The number of carbonyl (C=O) groups is 2. The van der Waals surface area contributed by atoms with Crippen LogP contribution in [0.15, 0.2) is 35.7 Å². The topological polar surface area (TPSA) is 58.6 Å². The molecule has 1 aromatic heterocycles. The van der Waals surface area contributed by atoms with Crippen molar-refractivity contribution in [1.82, 2.24) is 4.90 Å². The highest BCUT2D eigenvalue weighted by Gasteiger charge is 2.28. The summed E-state index contributed by atoms with van der Waals surface area (Å²) in [6.45, 7) is 3.18. The molecule has 0 spiro atoms. The van der Waals surface area contributed by atoms with E-state index in [-0.39, 0.29) is 5.91 Å². The molecule has 1 aliphatic heterocycles. The number of carbonyl (C=O) groups excluding carboxylic acids is 2. The number of aryl methyl sites for hydroxylation is 1. The Bertz CT molecular complexity index is 758. The maximum Gasteiger partial charge on any atom is 0.337 e. The zero-order valence-corrected chi connectivity index (χ0v) is 15.3. The molecule has 1 N–H and O–H groups in total. The monoisotopic (exact) mass is 358 g/mol. The van der Waals surface area contributed by atoms with Crippen molar-refractivity contribution in [3.05, 3.63) is 51.7 Å². The van der Waals surface area contributed by atoms with E-state index >= 15 is 0 Å². The summed E-state index contributed by atoms with van der Waals surface area (Å²) in [5.74, 6) is -0.471. The zero-order chi connectivity index (χ0) is 17.8. The van der Waals surface area contributed by atoms with Gasteiger partial charge >= 0.3 is 5.97 Å². The summed E-state index contributed by atoms with van der Waals surface area (Å²) in [5.41, 5.74) is 2.00. The lowest BCUT2D eigenvalue weighted by Crippen LogP contribution is -2.32. The number of likely N-dealkylation sites (tertiary alicyclic amines) is 1. The molecule has 0 radical (unpaired) electrons. The fraction of sp³-hybridized carbons (Fsp3) is 0.368. The normalized spacial score (nSPS) is 17.4. The number of nitrogens with zero attached hydrogens (tertiary/aromatic N) is 1. The fourth-order valence-corrected chi connectivity index (χ4v) is 4.09. The molecule has 0 saturated carbocycles. The number of ether oxygens (including phenoxy) is 1. The van der Waals surface area contributed by atoms with Gasteiger partial charge in [0.15, 0.2) is 0 Å². The molecule has 2 aromatic rings. The minimum absolute atomic E-state index is 0.0615. The van der Waals surface area contributed by atoms with E-state index in [1.807, 2.05) is 13.0 Å². The summed E-state index contributed by atoms with van der Waals surface area (Å²) in [6.07, 6.45) is 2.19. The van der Waals surface area contributed by atoms with Crippen molar-refractivity contribution < 1.29 is 14.3 Å². The minimum Gasteiger partial charge on any atom is -0.465 e. The largest absolute Gasteiger partial charge is 0.465 e. The SMILES string of the molecule is COC(=O)c1ccc(C)c(NC(=O)CN2CCC[C@@H]2c2cccs2)c1. The molecule has 2 heterocycles. The van der Waals surface area contributed by atoms with E-state index in [1.165, 1.54) is 12.0 Å². The van der Waals surface area contributed by atoms with E-state index in [1.54, 1.807) is 23.5 Å². The quantitative estimate of drug-likeness (QED) is 0.830. The third-order valence-electron chi connectivity index (χ3n) is 4.51. The number of thiophene rings is 1. The molecule has 1 aromatic carbocycles. The fourth-order valence-electron chi connectivity index (χ4n) is 3.19. The van der Waals surface area contributed by atoms with E-state index in [2.05, 4.69) is 27.7 Å². The predicted octanol–water partition coefficient (Wildman–Crippen LogP) is 3.62. The standard InChI is InChI=1S/C19H22N2O3S/c1-13-7-8-14(19(23)24-2)11-15(13)20-18(22)12-21-9-3-5-16(21)17-6-4-10-25-17/h4,6-8,10-11,16H,3,5,9,12H2,1-2H3,(H,20,22)/t16-/m1/s1. The van der Waals surface area contributed by atoms with Gasteiger partial charge in [-0.25, -0.2) is 4.79 Å². The van der Waals surface area contributed by atoms with E-state index in [9.17, 15) is 9.59 Å². The molecule has 0 aliphatic carbocycles. The summed E-state index contributed by atoms with van der Waals surface area (Å²) in [5, 5.41) is 5.01. The van der Waals surface area contributed by atoms with E-state index in [4.69, 9.17) is 4.74 Å². The van der Waals surface area contributed by atoms with Crippen molar-refractivity contribution in [2.75, 3.05) is 25.5 Å². The van der Waals surface area contributed by atoms with Gasteiger partial charge < -0.3 is 10.1 Å². The molecule has 1 atom stereocenters.